The summed E-state index contributed by atoms with van der Waals surface area (Å²) in [5.41, 5.74) is 0. The minimum Gasteiger partial charge on any atom is -0.462 e. The summed E-state index contributed by atoms with van der Waals surface area (Å²) >= 11 is 0. The predicted octanol–water partition coefficient (Wildman–Crippen LogP) is 16.6. The monoisotopic (exact) mass is 851 g/mol. The van der Waals surface area contributed by atoms with Gasteiger partial charge < -0.3 is 14.2 Å². The van der Waals surface area contributed by atoms with Crippen LogP contribution in [-0.4, -0.2) is 37.2 Å². The van der Waals surface area contributed by atoms with Crippen LogP contribution in [0.4, 0.5) is 0 Å². The van der Waals surface area contributed by atoms with Crippen LogP contribution < -0.4 is 0 Å². The molecule has 0 rings (SSSR count). The summed E-state index contributed by atoms with van der Waals surface area (Å²) in [5, 5.41) is 0. The van der Waals surface area contributed by atoms with Crippen LogP contribution in [0.1, 0.15) is 239 Å². The highest BCUT2D eigenvalue weighted by Gasteiger charge is 2.19. The molecule has 0 N–H and O–H groups in total. The zero-order valence-electron chi connectivity index (χ0n) is 39.9. The summed E-state index contributed by atoms with van der Waals surface area (Å²) < 4.78 is 16.7. The van der Waals surface area contributed by atoms with Gasteiger partial charge in [0.15, 0.2) is 6.10 Å². The largest absolute Gasteiger partial charge is 0.462 e. The van der Waals surface area contributed by atoms with E-state index < -0.39 is 6.10 Å². The van der Waals surface area contributed by atoms with E-state index in [2.05, 4.69) is 93.7 Å². The Labute approximate surface area is 376 Å². The SMILES string of the molecule is CCCCC/C=C/C/C=C/C/C=C/C/C=C/CCCC(=O)OCC(COC(=O)CCCCCCCCCCCCC)OC(=O)CCCCCCC/C=C/C/C=C/CCCCC. The van der Waals surface area contributed by atoms with Crippen LogP contribution >= 0.6 is 0 Å². The third kappa shape index (κ3) is 47.7. The van der Waals surface area contributed by atoms with E-state index in [-0.39, 0.29) is 37.5 Å². The number of carbonyl (C=O) groups is 3. The number of hydrogen-bond acceptors (Lipinski definition) is 6. The summed E-state index contributed by atoms with van der Waals surface area (Å²) in [4.78, 5) is 37.9. The Bertz CT molecular complexity index is 1160. The standard InChI is InChI=1S/C55H94O6/c1-4-7-10-13-16-19-22-24-26-27-29-30-33-36-39-42-45-48-54(57)60-51-52(50-59-53(56)47-44-41-38-35-32-21-18-15-12-9-6-3)61-55(58)49-46-43-40-37-34-31-28-25-23-20-17-14-11-8-5-2/h16-17,19-20,24-26,28-30,36,39,52H,4-15,18,21-23,27,31-35,37-38,40-51H2,1-3H3/b19-16+,20-17+,26-24+,28-25+,30-29+,39-36+. The number of carbonyl (C=O) groups excluding carboxylic acids is 3. The van der Waals surface area contributed by atoms with E-state index in [0.29, 0.717) is 19.3 Å². The zero-order valence-corrected chi connectivity index (χ0v) is 39.9. The van der Waals surface area contributed by atoms with Crippen molar-refractivity contribution in [2.24, 2.45) is 0 Å². The maximum absolute atomic E-state index is 12.8. The molecule has 0 saturated heterocycles. The fourth-order valence-corrected chi connectivity index (χ4v) is 6.82. The van der Waals surface area contributed by atoms with Crippen molar-refractivity contribution < 1.29 is 28.6 Å². The second-order valence-corrected chi connectivity index (χ2v) is 16.7. The van der Waals surface area contributed by atoms with Crippen molar-refractivity contribution in [2.75, 3.05) is 13.2 Å². The molecule has 0 radical (unpaired) electrons. The Hall–Kier alpha value is -3.15. The van der Waals surface area contributed by atoms with Crippen molar-refractivity contribution in [1.82, 2.24) is 0 Å². The van der Waals surface area contributed by atoms with Crippen molar-refractivity contribution >= 4 is 17.9 Å². The molecule has 350 valence electrons. The first kappa shape index (κ1) is 57.9. The van der Waals surface area contributed by atoms with E-state index in [1.165, 1.54) is 103 Å². The van der Waals surface area contributed by atoms with Crippen molar-refractivity contribution in [3.8, 4) is 0 Å². The van der Waals surface area contributed by atoms with Gasteiger partial charge in [-0.1, -0.05) is 203 Å². The molecule has 0 aromatic rings. The maximum Gasteiger partial charge on any atom is 0.306 e. The van der Waals surface area contributed by atoms with Gasteiger partial charge in [-0.2, -0.15) is 0 Å². The van der Waals surface area contributed by atoms with Gasteiger partial charge in [-0.05, 0) is 89.9 Å². The Morgan fingerprint density at radius 3 is 1.02 bits per heavy atom. The van der Waals surface area contributed by atoms with Crippen molar-refractivity contribution in [3.05, 3.63) is 72.9 Å². The van der Waals surface area contributed by atoms with Crippen LogP contribution in [0, 0.1) is 0 Å². The third-order valence-electron chi connectivity index (χ3n) is 10.7. The van der Waals surface area contributed by atoms with Gasteiger partial charge in [0.1, 0.15) is 13.2 Å². The number of hydrogen-bond donors (Lipinski definition) is 0. The molecule has 0 bridgehead atoms. The molecule has 61 heavy (non-hydrogen) atoms. The smallest absolute Gasteiger partial charge is 0.306 e. The molecule has 1 atom stereocenters. The molecule has 0 heterocycles. The summed E-state index contributed by atoms with van der Waals surface area (Å²) in [5.74, 6) is -0.970. The molecule has 1 unspecified atom stereocenters. The van der Waals surface area contributed by atoms with E-state index in [9.17, 15) is 14.4 Å². The van der Waals surface area contributed by atoms with Crippen LogP contribution in [-0.2, 0) is 28.6 Å². The normalized spacial score (nSPS) is 12.6. The second-order valence-electron chi connectivity index (χ2n) is 16.7. The highest BCUT2D eigenvalue weighted by atomic mass is 16.6. The van der Waals surface area contributed by atoms with Crippen molar-refractivity contribution in [1.29, 1.82) is 0 Å². The van der Waals surface area contributed by atoms with Crippen molar-refractivity contribution in [3.63, 3.8) is 0 Å². The average molecular weight is 851 g/mol. The van der Waals surface area contributed by atoms with Gasteiger partial charge in [0.25, 0.3) is 0 Å². The van der Waals surface area contributed by atoms with E-state index in [0.717, 1.165) is 89.9 Å². The van der Waals surface area contributed by atoms with Crippen LogP contribution in [0.15, 0.2) is 72.9 Å². The van der Waals surface area contributed by atoms with Crippen LogP contribution in [0.3, 0.4) is 0 Å². The number of allylic oxidation sites excluding steroid dienone is 12. The molecular weight excluding hydrogens is 757 g/mol. The fourth-order valence-electron chi connectivity index (χ4n) is 6.82. The fraction of sp³-hybridized carbons (Fsp3) is 0.727. The number of rotatable bonds is 45. The molecule has 0 fully saturated rings. The summed E-state index contributed by atoms with van der Waals surface area (Å²) in [6.45, 7) is 6.51. The first-order valence-corrected chi connectivity index (χ1v) is 25.4. The van der Waals surface area contributed by atoms with E-state index >= 15 is 0 Å². The molecule has 0 aromatic carbocycles. The van der Waals surface area contributed by atoms with Gasteiger partial charge in [0, 0.05) is 19.3 Å². The van der Waals surface area contributed by atoms with Gasteiger partial charge in [-0.3, -0.25) is 14.4 Å². The molecular formula is C55H94O6. The zero-order chi connectivity index (χ0) is 44.4. The topological polar surface area (TPSA) is 78.9 Å². The Morgan fingerprint density at radius 1 is 0.328 bits per heavy atom. The number of ether oxygens (including phenoxy) is 3. The molecule has 0 amide bonds. The van der Waals surface area contributed by atoms with Gasteiger partial charge in [0.2, 0.25) is 0 Å². The lowest BCUT2D eigenvalue weighted by Gasteiger charge is -2.18. The average Bonchev–Trinajstić information content (AvgIpc) is 3.26. The Kier molecular flexibility index (Phi) is 46.9. The van der Waals surface area contributed by atoms with E-state index in [4.69, 9.17) is 14.2 Å². The minimum absolute atomic E-state index is 0.0970. The van der Waals surface area contributed by atoms with Crippen LogP contribution in [0.5, 0.6) is 0 Å². The number of esters is 3. The molecule has 0 spiro atoms. The minimum atomic E-state index is -0.802. The van der Waals surface area contributed by atoms with Crippen molar-refractivity contribution in [2.45, 2.75) is 245 Å². The third-order valence-corrected chi connectivity index (χ3v) is 10.7. The van der Waals surface area contributed by atoms with E-state index in [1.54, 1.807) is 0 Å². The highest BCUT2D eigenvalue weighted by molar-refractivity contribution is 5.71. The van der Waals surface area contributed by atoms with Gasteiger partial charge in [-0.25, -0.2) is 0 Å². The Balaban J connectivity index is 4.48. The maximum atomic E-state index is 12.8. The molecule has 0 saturated carbocycles. The lowest BCUT2D eigenvalue weighted by molar-refractivity contribution is -0.167. The molecule has 0 aliphatic heterocycles. The second kappa shape index (κ2) is 49.5. The summed E-state index contributed by atoms with van der Waals surface area (Å²) in [6, 6.07) is 0. The molecule has 0 aliphatic rings. The predicted molar refractivity (Wildman–Crippen MR) is 261 cm³/mol. The molecule has 0 aliphatic carbocycles. The molecule has 6 heteroatoms. The summed E-state index contributed by atoms with van der Waals surface area (Å²) in [7, 11) is 0. The summed E-state index contributed by atoms with van der Waals surface area (Å²) in [6.07, 6.45) is 61.7. The van der Waals surface area contributed by atoms with Crippen LogP contribution in [0.25, 0.3) is 0 Å². The quantitative estimate of drug-likeness (QED) is 0.0263. The number of unbranched alkanes of at least 4 members (excludes halogenated alkanes) is 22. The van der Waals surface area contributed by atoms with Crippen LogP contribution in [0.2, 0.25) is 0 Å². The lowest BCUT2D eigenvalue weighted by Crippen LogP contribution is -2.30. The first-order chi connectivity index (χ1) is 30.0. The first-order valence-electron chi connectivity index (χ1n) is 25.4. The van der Waals surface area contributed by atoms with Gasteiger partial charge in [-0.15, -0.1) is 0 Å². The Morgan fingerprint density at radius 2 is 0.607 bits per heavy atom. The molecule has 0 aromatic heterocycles. The van der Waals surface area contributed by atoms with Gasteiger partial charge >= 0.3 is 17.9 Å². The van der Waals surface area contributed by atoms with E-state index in [1.807, 2.05) is 0 Å². The lowest BCUT2D eigenvalue weighted by atomic mass is 10.1. The highest BCUT2D eigenvalue weighted by Crippen LogP contribution is 2.14. The molecule has 6 nitrogen and oxygen atoms in total. The van der Waals surface area contributed by atoms with Gasteiger partial charge in [0.05, 0.1) is 0 Å².